The Kier molecular flexibility index (Phi) is 6.47. The van der Waals surface area contributed by atoms with E-state index in [2.05, 4.69) is 27.8 Å². The molecule has 6 nitrogen and oxygen atoms in total. The second kappa shape index (κ2) is 8.57. The minimum atomic E-state index is -0.285. The van der Waals surface area contributed by atoms with E-state index in [9.17, 15) is 9.59 Å². The average Bonchev–Trinajstić information content (AvgIpc) is 2.56. The monoisotopic (exact) mass is 348 g/mol. The van der Waals surface area contributed by atoms with E-state index in [0.29, 0.717) is 29.4 Å². The fourth-order valence-corrected chi connectivity index (χ4v) is 2.43. The van der Waals surface area contributed by atoms with Crippen molar-refractivity contribution in [3.05, 3.63) is 28.8 Å². The predicted molar refractivity (Wildman–Crippen MR) is 95.1 cm³/mol. The Labute approximate surface area is 146 Å². The molecule has 0 aliphatic carbocycles. The molecule has 0 saturated carbocycles. The zero-order valence-electron chi connectivity index (χ0n) is 13.8. The van der Waals surface area contributed by atoms with Crippen molar-refractivity contribution in [3.8, 4) is 11.8 Å². The lowest BCUT2D eigenvalue weighted by atomic mass is 10.2. The molecule has 2 rings (SSSR count). The van der Waals surface area contributed by atoms with Crippen LogP contribution < -0.4 is 16.0 Å². The second-order valence-corrected chi connectivity index (χ2v) is 5.96. The van der Waals surface area contributed by atoms with E-state index >= 15 is 0 Å². The van der Waals surface area contributed by atoms with Crippen LogP contribution in [-0.2, 0) is 4.79 Å². The Morgan fingerprint density at radius 3 is 2.71 bits per heavy atom. The van der Waals surface area contributed by atoms with Gasteiger partial charge in [-0.25, -0.2) is 4.79 Å². The zero-order chi connectivity index (χ0) is 17.5. The Bertz CT molecular complexity index is 675. The molecule has 1 fully saturated rings. The maximum absolute atomic E-state index is 12.1. The number of anilines is 1. The highest BCUT2D eigenvalue weighted by Crippen LogP contribution is 2.22. The van der Waals surface area contributed by atoms with Gasteiger partial charge in [-0.15, -0.1) is 0 Å². The molecule has 1 saturated heterocycles. The van der Waals surface area contributed by atoms with Crippen LogP contribution in [0, 0.1) is 11.8 Å². The summed E-state index contributed by atoms with van der Waals surface area (Å²) < 4.78 is 0. The first-order valence-corrected chi connectivity index (χ1v) is 8.18. The number of rotatable bonds is 2. The molecule has 7 heteroatoms. The summed E-state index contributed by atoms with van der Waals surface area (Å²) in [7, 11) is 0. The van der Waals surface area contributed by atoms with Gasteiger partial charge in [-0.3, -0.25) is 4.79 Å². The summed E-state index contributed by atoms with van der Waals surface area (Å²) in [6, 6.07) is 4.77. The van der Waals surface area contributed by atoms with Crippen LogP contribution in [0.15, 0.2) is 18.2 Å². The zero-order valence-corrected chi connectivity index (χ0v) is 14.5. The number of hydrogen-bond donors (Lipinski definition) is 3. The molecule has 1 unspecified atom stereocenters. The summed E-state index contributed by atoms with van der Waals surface area (Å²) in [6.07, 6.45) is 0. The molecule has 0 radical (unpaired) electrons. The molecule has 128 valence electrons. The third kappa shape index (κ3) is 5.44. The maximum Gasteiger partial charge on any atom is 0.318 e. The summed E-state index contributed by atoms with van der Waals surface area (Å²) in [6.45, 7) is 6.26. The molecule has 1 aliphatic heterocycles. The Morgan fingerprint density at radius 1 is 1.33 bits per heavy atom. The number of carbonyl (C=O) groups excluding carboxylic acids is 2. The largest absolute Gasteiger partial charge is 0.325 e. The van der Waals surface area contributed by atoms with Crippen molar-refractivity contribution in [1.29, 1.82) is 0 Å². The normalized spacial score (nSPS) is 15.0. The van der Waals surface area contributed by atoms with E-state index in [0.717, 1.165) is 13.1 Å². The Hall–Kier alpha value is -2.23. The van der Waals surface area contributed by atoms with Crippen LogP contribution in [0.2, 0.25) is 5.02 Å². The van der Waals surface area contributed by atoms with Crippen molar-refractivity contribution in [1.82, 2.24) is 15.5 Å². The third-order valence-electron chi connectivity index (χ3n) is 3.45. The first-order chi connectivity index (χ1) is 11.5. The van der Waals surface area contributed by atoms with Crippen LogP contribution >= 0.6 is 11.6 Å². The van der Waals surface area contributed by atoms with E-state index in [1.807, 2.05) is 6.92 Å². The summed E-state index contributed by atoms with van der Waals surface area (Å²) >= 11 is 6.03. The summed E-state index contributed by atoms with van der Waals surface area (Å²) in [5.41, 5.74) is 1.24. The SMILES string of the molecule is CC(=O)Nc1cc(C#CC(C)NC(=O)N2CCNCC2)ccc1Cl. The van der Waals surface area contributed by atoms with Crippen LogP contribution in [0.3, 0.4) is 0 Å². The first kappa shape index (κ1) is 18.1. The third-order valence-corrected chi connectivity index (χ3v) is 3.78. The summed E-state index contributed by atoms with van der Waals surface area (Å²) in [5.74, 6) is 5.78. The fraction of sp³-hybridized carbons (Fsp3) is 0.412. The number of urea groups is 1. The van der Waals surface area contributed by atoms with E-state index < -0.39 is 0 Å². The van der Waals surface area contributed by atoms with Crippen molar-refractivity contribution in [2.24, 2.45) is 0 Å². The van der Waals surface area contributed by atoms with Crippen LogP contribution in [0.1, 0.15) is 19.4 Å². The van der Waals surface area contributed by atoms with Gasteiger partial charge in [0.1, 0.15) is 0 Å². The molecule has 1 atom stereocenters. The second-order valence-electron chi connectivity index (χ2n) is 5.55. The van der Waals surface area contributed by atoms with Gasteiger partial charge in [0, 0.05) is 38.7 Å². The van der Waals surface area contributed by atoms with Crippen LogP contribution in [0.5, 0.6) is 0 Å². The van der Waals surface area contributed by atoms with Crippen molar-refractivity contribution < 1.29 is 9.59 Å². The van der Waals surface area contributed by atoms with Gasteiger partial charge in [-0.05, 0) is 25.1 Å². The molecule has 0 bridgehead atoms. The lowest BCUT2D eigenvalue weighted by molar-refractivity contribution is -0.114. The highest BCUT2D eigenvalue weighted by atomic mass is 35.5. The molecule has 1 aromatic carbocycles. The number of amides is 3. The molecule has 3 N–H and O–H groups in total. The van der Waals surface area contributed by atoms with Gasteiger partial charge < -0.3 is 20.9 Å². The predicted octanol–water partition coefficient (Wildman–Crippen LogP) is 1.65. The van der Waals surface area contributed by atoms with E-state index in [1.165, 1.54) is 6.92 Å². The first-order valence-electron chi connectivity index (χ1n) is 7.80. The molecule has 1 aromatic rings. The van der Waals surface area contributed by atoms with E-state index in [-0.39, 0.29) is 18.0 Å². The average molecular weight is 349 g/mol. The van der Waals surface area contributed by atoms with Gasteiger partial charge >= 0.3 is 6.03 Å². The molecule has 1 heterocycles. The summed E-state index contributed by atoms with van der Waals surface area (Å²) in [5, 5.41) is 9.18. The highest BCUT2D eigenvalue weighted by Gasteiger charge is 2.16. The number of carbonyl (C=O) groups is 2. The van der Waals surface area contributed by atoms with E-state index in [4.69, 9.17) is 11.6 Å². The molecule has 0 spiro atoms. The van der Waals surface area contributed by atoms with Gasteiger partial charge in [0.15, 0.2) is 0 Å². The minimum absolute atomic E-state index is 0.103. The molecular formula is C17H21ClN4O2. The number of piperazine rings is 1. The number of hydrogen-bond acceptors (Lipinski definition) is 3. The number of benzene rings is 1. The van der Waals surface area contributed by atoms with Crippen molar-refractivity contribution in [2.45, 2.75) is 19.9 Å². The Balaban J connectivity index is 1.98. The van der Waals surface area contributed by atoms with Crippen LogP contribution in [0.4, 0.5) is 10.5 Å². The van der Waals surface area contributed by atoms with Crippen LogP contribution in [0.25, 0.3) is 0 Å². The molecule has 3 amide bonds. The van der Waals surface area contributed by atoms with Crippen molar-refractivity contribution >= 4 is 29.2 Å². The van der Waals surface area contributed by atoms with Gasteiger partial charge in [-0.2, -0.15) is 0 Å². The number of halogens is 1. The molecule has 1 aliphatic rings. The molecular weight excluding hydrogens is 328 g/mol. The summed E-state index contributed by atoms with van der Waals surface area (Å²) in [4.78, 5) is 25.0. The maximum atomic E-state index is 12.1. The van der Waals surface area contributed by atoms with Crippen LogP contribution in [-0.4, -0.2) is 49.1 Å². The molecule has 24 heavy (non-hydrogen) atoms. The van der Waals surface area contributed by atoms with Gasteiger partial charge in [0.25, 0.3) is 0 Å². The lowest BCUT2D eigenvalue weighted by Gasteiger charge is -2.28. The standard InChI is InChI=1S/C17H21ClN4O2/c1-12(20-17(24)22-9-7-19-8-10-22)3-4-14-5-6-15(18)16(11-14)21-13(2)23/h5-6,11-12,19H,7-10H2,1-2H3,(H,20,24)(H,21,23). The smallest absolute Gasteiger partial charge is 0.318 e. The fourth-order valence-electron chi connectivity index (χ4n) is 2.26. The van der Waals surface area contributed by atoms with Gasteiger partial charge in [-0.1, -0.05) is 23.4 Å². The van der Waals surface area contributed by atoms with Crippen molar-refractivity contribution in [3.63, 3.8) is 0 Å². The topological polar surface area (TPSA) is 73.5 Å². The quantitative estimate of drug-likeness (QED) is 0.712. The van der Waals surface area contributed by atoms with E-state index in [1.54, 1.807) is 23.1 Å². The number of nitrogens with zero attached hydrogens (tertiary/aromatic N) is 1. The van der Waals surface area contributed by atoms with Gasteiger partial charge in [0.05, 0.1) is 16.8 Å². The molecule has 0 aromatic heterocycles. The van der Waals surface area contributed by atoms with Gasteiger partial charge in [0.2, 0.25) is 5.91 Å². The number of nitrogens with one attached hydrogen (secondary N) is 3. The Morgan fingerprint density at radius 2 is 2.04 bits per heavy atom. The minimum Gasteiger partial charge on any atom is -0.325 e. The van der Waals surface area contributed by atoms with Crippen molar-refractivity contribution in [2.75, 3.05) is 31.5 Å². The lowest BCUT2D eigenvalue weighted by Crippen LogP contribution is -2.51. The highest BCUT2D eigenvalue weighted by molar-refractivity contribution is 6.33.